The number of amides is 3. The smallest absolute Gasteiger partial charge is 0.244 e. The van der Waals surface area contributed by atoms with Gasteiger partial charge in [0.15, 0.2) is 9.84 Å². The zero-order valence-corrected chi connectivity index (χ0v) is 31.1. The van der Waals surface area contributed by atoms with E-state index in [1.165, 1.54) is 19.9 Å². The number of hydrogen-bond acceptors (Lipinski definition) is 8. The van der Waals surface area contributed by atoms with Gasteiger partial charge in [-0.15, -0.1) is 0 Å². The molecule has 1 aromatic carbocycles. The maximum Gasteiger partial charge on any atom is 0.244 e. The van der Waals surface area contributed by atoms with Crippen LogP contribution in [0.4, 0.5) is 0 Å². The van der Waals surface area contributed by atoms with Crippen LogP contribution in [0.15, 0.2) is 60.9 Å². The molecule has 0 bridgehead atoms. The molecule has 2 unspecified atom stereocenters. The van der Waals surface area contributed by atoms with Crippen LogP contribution in [0.3, 0.4) is 0 Å². The third-order valence-electron chi connectivity index (χ3n) is 10.1. The number of benzene rings is 1. The Kier molecular flexibility index (Phi) is 13.0. The second kappa shape index (κ2) is 16.6. The molecule has 2 aromatic rings. The van der Waals surface area contributed by atoms with E-state index in [-0.39, 0.29) is 18.9 Å². The first-order valence-electron chi connectivity index (χ1n) is 17.6. The van der Waals surface area contributed by atoms with Gasteiger partial charge in [-0.1, -0.05) is 49.6 Å². The van der Waals surface area contributed by atoms with Crippen molar-refractivity contribution in [1.82, 2.24) is 25.8 Å². The Morgan fingerprint density at radius 2 is 1.62 bits per heavy atom. The summed E-state index contributed by atoms with van der Waals surface area (Å²) in [6.45, 7) is 9.44. The van der Waals surface area contributed by atoms with Crippen molar-refractivity contribution in [3.05, 3.63) is 72.1 Å². The molecule has 3 amide bonds. The molecule has 274 valence electrons. The average Bonchev–Trinajstić information content (AvgIpc) is 3.05. The summed E-state index contributed by atoms with van der Waals surface area (Å²) in [5, 5.41) is 20.6. The summed E-state index contributed by atoms with van der Waals surface area (Å²) >= 11 is 0. The van der Waals surface area contributed by atoms with E-state index >= 15 is 0 Å². The highest BCUT2D eigenvalue weighted by atomic mass is 32.2. The number of aromatic nitrogens is 1. The van der Waals surface area contributed by atoms with Gasteiger partial charge in [0.05, 0.1) is 22.9 Å². The minimum Gasteiger partial charge on any atom is -0.390 e. The second-order valence-electron chi connectivity index (χ2n) is 15.6. The molecule has 4 rings (SSSR count). The maximum atomic E-state index is 14.1. The molecule has 1 saturated heterocycles. The van der Waals surface area contributed by atoms with Crippen LogP contribution >= 0.6 is 0 Å². The summed E-state index contributed by atoms with van der Waals surface area (Å²) in [7, 11) is -3.86. The van der Waals surface area contributed by atoms with Crippen LogP contribution in [0.5, 0.6) is 0 Å². The highest BCUT2D eigenvalue weighted by Gasteiger charge is 2.46. The Hall–Kier alpha value is -3.61. The highest BCUT2D eigenvalue weighted by Crippen LogP contribution is 2.39. The van der Waals surface area contributed by atoms with Gasteiger partial charge in [0.1, 0.15) is 6.04 Å². The van der Waals surface area contributed by atoms with Crippen LogP contribution in [-0.4, -0.2) is 95.0 Å². The van der Waals surface area contributed by atoms with Crippen molar-refractivity contribution >= 4 is 33.6 Å². The zero-order valence-electron chi connectivity index (χ0n) is 30.3. The number of piperidine rings is 1. The third kappa shape index (κ3) is 10.7. The van der Waals surface area contributed by atoms with E-state index in [0.717, 1.165) is 37.5 Å². The summed E-state index contributed by atoms with van der Waals surface area (Å²) in [5.74, 6) is -0.592. The quantitative estimate of drug-likeness (QED) is 0.231. The average molecular weight is 710 g/mol. The number of nitrogens with zero attached hydrogens (tertiary/aromatic N) is 2. The normalized spacial score (nSPS) is 22.2. The number of nitrogens with one attached hydrogen (secondary N) is 3. The first kappa shape index (κ1) is 39.2. The Balaban J connectivity index is 1.61. The molecule has 2 heterocycles. The van der Waals surface area contributed by atoms with E-state index in [0.29, 0.717) is 30.4 Å². The molecule has 50 heavy (non-hydrogen) atoms. The lowest BCUT2D eigenvalue weighted by Crippen LogP contribution is -2.64. The molecule has 1 aliphatic heterocycles. The van der Waals surface area contributed by atoms with Crippen LogP contribution in [0.1, 0.15) is 77.8 Å². The van der Waals surface area contributed by atoms with E-state index < -0.39 is 56.2 Å². The summed E-state index contributed by atoms with van der Waals surface area (Å²) in [6, 6.07) is 10.0. The van der Waals surface area contributed by atoms with E-state index in [9.17, 15) is 27.9 Å². The first-order valence-corrected chi connectivity index (χ1v) is 19.5. The predicted molar refractivity (Wildman–Crippen MR) is 196 cm³/mol. The van der Waals surface area contributed by atoms with Crippen LogP contribution < -0.4 is 16.0 Å². The van der Waals surface area contributed by atoms with E-state index in [4.69, 9.17) is 0 Å². The maximum absolute atomic E-state index is 14.1. The summed E-state index contributed by atoms with van der Waals surface area (Å²) < 4.78 is 24.3. The number of β-amino-alcohol motifs (C(OH)–C–C–N with tert-alkyl or cyclic N) is 1. The molecule has 1 aliphatic carbocycles. The monoisotopic (exact) mass is 709 g/mol. The van der Waals surface area contributed by atoms with Crippen molar-refractivity contribution in [2.75, 3.05) is 19.3 Å². The fraction of sp³-hybridized carbons (Fsp3) is 0.579. The van der Waals surface area contributed by atoms with Gasteiger partial charge in [0, 0.05) is 43.4 Å². The number of carbonyl (C=O) groups excluding carboxylic acids is 3. The number of rotatable bonds is 13. The second-order valence-corrected chi connectivity index (χ2v) is 18.1. The minimum absolute atomic E-state index is 0.0742. The summed E-state index contributed by atoms with van der Waals surface area (Å²) in [6.07, 6.45) is 11.3. The van der Waals surface area contributed by atoms with Gasteiger partial charge >= 0.3 is 0 Å². The molecular weight excluding hydrogens is 655 g/mol. The van der Waals surface area contributed by atoms with Crippen LogP contribution in [-0.2, 0) is 30.6 Å². The van der Waals surface area contributed by atoms with Gasteiger partial charge in [-0.25, -0.2) is 8.42 Å². The van der Waals surface area contributed by atoms with Crippen LogP contribution in [0, 0.1) is 11.8 Å². The van der Waals surface area contributed by atoms with Gasteiger partial charge in [-0.05, 0) is 95.1 Å². The van der Waals surface area contributed by atoms with Crippen LogP contribution in [0.2, 0.25) is 0 Å². The highest BCUT2D eigenvalue weighted by molar-refractivity contribution is 7.92. The molecule has 4 N–H and O–H groups in total. The Morgan fingerprint density at radius 3 is 2.24 bits per heavy atom. The molecule has 0 radical (unpaired) electrons. The Morgan fingerprint density at radius 1 is 0.980 bits per heavy atom. The van der Waals surface area contributed by atoms with Gasteiger partial charge in [0.25, 0.3) is 0 Å². The molecule has 11 nitrogen and oxygen atoms in total. The number of fused-ring (bicyclic) bond motifs is 1. The van der Waals surface area contributed by atoms with Crippen LogP contribution in [0.25, 0.3) is 6.08 Å². The number of sulfone groups is 1. The largest absolute Gasteiger partial charge is 0.390 e. The van der Waals surface area contributed by atoms with E-state index in [1.54, 1.807) is 30.6 Å². The fourth-order valence-electron chi connectivity index (χ4n) is 7.02. The van der Waals surface area contributed by atoms with Gasteiger partial charge in [0.2, 0.25) is 17.7 Å². The molecule has 2 fully saturated rings. The van der Waals surface area contributed by atoms with Crippen molar-refractivity contribution in [2.24, 2.45) is 11.8 Å². The minimum atomic E-state index is -3.86. The van der Waals surface area contributed by atoms with Crippen molar-refractivity contribution in [3.63, 3.8) is 0 Å². The fourth-order valence-corrected chi connectivity index (χ4v) is 7.61. The molecule has 2 aliphatic rings. The molecule has 12 heteroatoms. The molecule has 6 atom stereocenters. The number of aliphatic hydroxyl groups excluding tert-OH is 1. The summed E-state index contributed by atoms with van der Waals surface area (Å²) in [5.41, 5.74) is 1.14. The number of carbonyl (C=O) groups is 3. The lowest BCUT2D eigenvalue weighted by atomic mass is 9.72. The standard InChI is InChI=1S/C38H55N5O6S/c1-37(2,3)42-35(46)31-23-28-14-10-11-15-29(28)24-43(31)25-32(44)30(22-27-12-8-7-9-13-27)40-36(47)34(38(4,5)50(6,48)49)41-33(45)17-16-26-18-20-39-21-19-26/h7-9,12-13,16-21,28-32,34,44H,10-11,14-15,22-25H2,1-6H3,(H,40,47)(H,41,45)(H,42,46)/b17-16+/t28?,29?,30-,31-,32+,34+/m0/s1. The van der Waals surface area contributed by atoms with Gasteiger partial charge < -0.3 is 21.1 Å². The predicted octanol–water partition coefficient (Wildman–Crippen LogP) is 3.29. The number of likely N-dealkylation sites (tertiary alicyclic amines) is 1. The Bertz CT molecular complexity index is 1590. The molecule has 1 aromatic heterocycles. The van der Waals surface area contributed by atoms with Crippen molar-refractivity contribution < 1.29 is 27.9 Å². The molecule has 1 saturated carbocycles. The molecular formula is C38H55N5O6S. The van der Waals surface area contributed by atoms with E-state index in [2.05, 4.69) is 25.8 Å². The topological polar surface area (TPSA) is 158 Å². The van der Waals surface area contributed by atoms with Gasteiger partial charge in [-0.2, -0.15) is 0 Å². The van der Waals surface area contributed by atoms with Crippen molar-refractivity contribution in [1.29, 1.82) is 0 Å². The number of aliphatic hydroxyl groups is 1. The lowest BCUT2D eigenvalue weighted by molar-refractivity contribution is -0.133. The number of pyridine rings is 1. The first-order chi connectivity index (χ1) is 23.4. The van der Waals surface area contributed by atoms with Crippen molar-refractivity contribution in [3.8, 4) is 0 Å². The molecule has 0 spiro atoms. The summed E-state index contributed by atoms with van der Waals surface area (Å²) in [4.78, 5) is 46.9. The van der Waals surface area contributed by atoms with Crippen molar-refractivity contribution in [2.45, 2.75) is 108 Å². The SMILES string of the molecule is CC(C)(C)NC(=O)[C@@H]1CC2CCCCC2CN1C[C@@H](O)[C@H](Cc1ccccc1)NC(=O)[C@@H](NC(=O)/C=C/c1ccncc1)C(C)(C)S(C)(=O)=O. The number of hydrogen-bond donors (Lipinski definition) is 4. The van der Waals surface area contributed by atoms with E-state index in [1.807, 2.05) is 51.1 Å². The Labute approximate surface area is 297 Å². The van der Waals surface area contributed by atoms with Gasteiger partial charge in [-0.3, -0.25) is 24.3 Å². The third-order valence-corrected chi connectivity index (χ3v) is 12.3. The zero-order chi connectivity index (χ0) is 36.7. The lowest BCUT2D eigenvalue weighted by Gasteiger charge is -2.47.